The van der Waals surface area contributed by atoms with Crippen molar-refractivity contribution in [1.82, 2.24) is 9.88 Å². The summed E-state index contributed by atoms with van der Waals surface area (Å²) in [5.41, 5.74) is 0.836. The van der Waals surface area contributed by atoms with Gasteiger partial charge in [-0.05, 0) is 57.2 Å². The first-order valence-corrected chi connectivity index (χ1v) is 7.95. The average Bonchev–Trinajstić information content (AvgIpc) is 3.19. The number of esters is 1. The van der Waals surface area contributed by atoms with E-state index in [2.05, 4.69) is 35.3 Å². The van der Waals surface area contributed by atoms with E-state index in [0.717, 1.165) is 18.9 Å². The third kappa shape index (κ3) is 4.10. The van der Waals surface area contributed by atoms with Gasteiger partial charge in [0.2, 0.25) is 0 Å². The van der Waals surface area contributed by atoms with Crippen LogP contribution in [0.5, 0.6) is 0 Å². The number of aromatic nitrogens is 1. The highest BCUT2D eigenvalue weighted by Gasteiger charge is 2.33. The summed E-state index contributed by atoms with van der Waals surface area (Å²) in [6.45, 7) is 7.74. The minimum Gasteiger partial charge on any atom is -0.469 e. The van der Waals surface area contributed by atoms with Gasteiger partial charge in [0.15, 0.2) is 0 Å². The molecule has 1 aromatic rings. The van der Waals surface area contributed by atoms with E-state index in [1.54, 1.807) is 0 Å². The summed E-state index contributed by atoms with van der Waals surface area (Å²) in [5.74, 6) is 0.613. The van der Waals surface area contributed by atoms with Crippen LogP contribution in [0.3, 0.4) is 0 Å². The number of carbonyl (C=O) groups excluding carboxylic acids is 1. The van der Waals surface area contributed by atoms with E-state index in [9.17, 15) is 4.79 Å². The zero-order valence-electron chi connectivity index (χ0n) is 13.7. The Bertz CT molecular complexity index is 475. The Morgan fingerprint density at radius 3 is 2.81 bits per heavy atom. The van der Waals surface area contributed by atoms with Gasteiger partial charge in [0.1, 0.15) is 0 Å². The predicted molar refractivity (Wildman–Crippen MR) is 84.0 cm³/mol. The predicted octanol–water partition coefficient (Wildman–Crippen LogP) is 3.14. The van der Waals surface area contributed by atoms with Crippen LogP contribution < -0.4 is 5.32 Å². The van der Waals surface area contributed by atoms with E-state index in [1.807, 2.05) is 13.8 Å². The van der Waals surface area contributed by atoms with Crippen LogP contribution in [-0.2, 0) is 16.1 Å². The fourth-order valence-corrected chi connectivity index (χ4v) is 2.83. The van der Waals surface area contributed by atoms with Crippen LogP contribution in [0.1, 0.15) is 51.6 Å². The lowest BCUT2D eigenvalue weighted by molar-refractivity contribution is -0.151. The van der Waals surface area contributed by atoms with E-state index >= 15 is 0 Å². The van der Waals surface area contributed by atoms with Gasteiger partial charge in [-0.25, -0.2) is 0 Å². The number of nitrogens with one attached hydrogen (secondary N) is 1. The smallest absolute Gasteiger partial charge is 0.313 e. The second-order valence-corrected chi connectivity index (χ2v) is 6.76. The molecular formula is C17H28N2O2. The van der Waals surface area contributed by atoms with Crippen LogP contribution in [-0.4, -0.2) is 24.2 Å². The Morgan fingerprint density at radius 2 is 2.24 bits per heavy atom. The molecule has 0 spiro atoms. The highest BCUT2D eigenvalue weighted by atomic mass is 16.5. The normalized spacial score (nSPS) is 16.8. The molecule has 1 heterocycles. The SMILES string of the molecule is CCCNC(c1ccn(CC(C)(C)C(=O)OC)c1)C1CC1. The third-order valence-corrected chi connectivity index (χ3v) is 4.16. The molecule has 0 saturated heterocycles. The van der Waals surface area contributed by atoms with E-state index < -0.39 is 5.41 Å². The fraction of sp³-hybridized carbons (Fsp3) is 0.706. The molecule has 4 nitrogen and oxygen atoms in total. The molecule has 0 bridgehead atoms. The second-order valence-electron chi connectivity index (χ2n) is 6.76. The quantitative estimate of drug-likeness (QED) is 0.749. The summed E-state index contributed by atoms with van der Waals surface area (Å²) in [6.07, 6.45) is 8.04. The van der Waals surface area contributed by atoms with Gasteiger partial charge in [-0.3, -0.25) is 4.79 Å². The molecule has 0 aromatic carbocycles. The maximum absolute atomic E-state index is 11.8. The lowest BCUT2D eigenvalue weighted by Gasteiger charge is -2.22. The van der Waals surface area contributed by atoms with Gasteiger partial charge in [0, 0.05) is 25.0 Å². The lowest BCUT2D eigenvalue weighted by atomic mass is 9.94. The maximum Gasteiger partial charge on any atom is 0.313 e. The number of ether oxygens (including phenoxy) is 1. The topological polar surface area (TPSA) is 43.3 Å². The van der Waals surface area contributed by atoms with Crippen molar-refractivity contribution in [3.05, 3.63) is 24.0 Å². The first-order chi connectivity index (χ1) is 9.97. The monoisotopic (exact) mass is 292 g/mol. The van der Waals surface area contributed by atoms with E-state index in [0.29, 0.717) is 12.6 Å². The number of carbonyl (C=O) groups is 1. The Labute approximate surface area is 127 Å². The Morgan fingerprint density at radius 1 is 1.52 bits per heavy atom. The average molecular weight is 292 g/mol. The molecule has 1 N–H and O–H groups in total. The van der Waals surface area contributed by atoms with Crippen molar-refractivity contribution in [2.24, 2.45) is 11.3 Å². The van der Waals surface area contributed by atoms with Crippen LogP contribution in [0.15, 0.2) is 18.5 Å². The van der Waals surface area contributed by atoms with Crippen molar-refractivity contribution in [1.29, 1.82) is 0 Å². The standard InChI is InChI=1S/C17H28N2O2/c1-5-9-18-15(13-6-7-13)14-8-10-19(11-14)12-17(2,3)16(20)21-4/h8,10-11,13,15,18H,5-7,9,12H2,1-4H3. The molecule has 2 rings (SSSR count). The van der Waals surface area contributed by atoms with Crippen molar-refractivity contribution in [2.75, 3.05) is 13.7 Å². The molecule has 1 fully saturated rings. The first kappa shape index (κ1) is 16.1. The summed E-state index contributed by atoms with van der Waals surface area (Å²) < 4.78 is 6.98. The number of hydrogen-bond acceptors (Lipinski definition) is 3. The molecule has 118 valence electrons. The summed E-state index contributed by atoms with van der Waals surface area (Å²) in [7, 11) is 1.45. The molecule has 0 amide bonds. The molecule has 1 aliphatic rings. The molecular weight excluding hydrogens is 264 g/mol. The molecule has 0 aliphatic heterocycles. The second kappa shape index (κ2) is 6.65. The van der Waals surface area contributed by atoms with Gasteiger partial charge >= 0.3 is 5.97 Å². The van der Waals surface area contributed by atoms with Gasteiger partial charge in [-0.2, -0.15) is 0 Å². The molecule has 1 aromatic heterocycles. The van der Waals surface area contributed by atoms with Crippen LogP contribution >= 0.6 is 0 Å². The highest BCUT2D eigenvalue weighted by molar-refractivity contribution is 5.75. The van der Waals surface area contributed by atoms with E-state index in [1.165, 1.54) is 25.5 Å². The largest absolute Gasteiger partial charge is 0.469 e. The minimum absolute atomic E-state index is 0.166. The highest BCUT2D eigenvalue weighted by Crippen LogP contribution is 2.41. The van der Waals surface area contributed by atoms with Crippen LogP contribution in [0.2, 0.25) is 0 Å². The Balaban J connectivity index is 2.04. The van der Waals surface area contributed by atoms with Crippen LogP contribution in [0.25, 0.3) is 0 Å². The number of methoxy groups -OCH3 is 1. The minimum atomic E-state index is -0.503. The number of hydrogen-bond donors (Lipinski definition) is 1. The van der Waals surface area contributed by atoms with Crippen molar-refractivity contribution < 1.29 is 9.53 Å². The van der Waals surface area contributed by atoms with Crippen molar-refractivity contribution in [3.63, 3.8) is 0 Å². The van der Waals surface area contributed by atoms with Gasteiger partial charge in [0.05, 0.1) is 12.5 Å². The van der Waals surface area contributed by atoms with Crippen molar-refractivity contribution in [3.8, 4) is 0 Å². The molecule has 1 atom stereocenters. The molecule has 0 radical (unpaired) electrons. The van der Waals surface area contributed by atoms with Gasteiger partial charge < -0.3 is 14.6 Å². The molecule has 21 heavy (non-hydrogen) atoms. The number of nitrogens with zero attached hydrogens (tertiary/aromatic N) is 1. The molecule has 1 aliphatic carbocycles. The number of rotatable bonds is 8. The van der Waals surface area contributed by atoms with Crippen LogP contribution in [0.4, 0.5) is 0 Å². The third-order valence-electron chi connectivity index (χ3n) is 4.16. The van der Waals surface area contributed by atoms with Gasteiger partial charge in [0.25, 0.3) is 0 Å². The lowest BCUT2D eigenvalue weighted by Crippen LogP contribution is -2.30. The summed E-state index contributed by atoms with van der Waals surface area (Å²) in [5, 5.41) is 3.65. The van der Waals surface area contributed by atoms with Crippen molar-refractivity contribution >= 4 is 5.97 Å². The summed E-state index contributed by atoms with van der Waals surface area (Å²) in [6, 6.07) is 2.64. The van der Waals surface area contributed by atoms with E-state index in [-0.39, 0.29) is 5.97 Å². The molecule has 1 saturated carbocycles. The Hall–Kier alpha value is -1.29. The zero-order chi connectivity index (χ0) is 15.5. The summed E-state index contributed by atoms with van der Waals surface area (Å²) >= 11 is 0. The fourth-order valence-electron chi connectivity index (χ4n) is 2.83. The first-order valence-electron chi connectivity index (χ1n) is 7.95. The Kier molecular flexibility index (Phi) is 5.09. The molecule has 1 unspecified atom stereocenters. The van der Waals surface area contributed by atoms with E-state index in [4.69, 9.17) is 4.74 Å². The van der Waals surface area contributed by atoms with Gasteiger partial charge in [-0.1, -0.05) is 6.92 Å². The zero-order valence-corrected chi connectivity index (χ0v) is 13.7. The van der Waals surface area contributed by atoms with Crippen LogP contribution in [0, 0.1) is 11.3 Å². The van der Waals surface area contributed by atoms with Crippen molar-refractivity contribution in [2.45, 2.75) is 52.6 Å². The van der Waals surface area contributed by atoms with Gasteiger partial charge in [-0.15, -0.1) is 0 Å². The maximum atomic E-state index is 11.8. The molecule has 4 heteroatoms. The summed E-state index contributed by atoms with van der Waals surface area (Å²) in [4.78, 5) is 11.8.